The van der Waals surface area contributed by atoms with Gasteiger partial charge in [-0.2, -0.15) is 0 Å². The summed E-state index contributed by atoms with van der Waals surface area (Å²) >= 11 is 0. The minimum absolute atomic E-state index is 0.0395. The molecule has 2 amide bonds. The van der Waals surface area contributed by atoms with Gasteiger partial charge in [-0.3, -0.25) is 14.6 Å². The molecule has 2 aromatic rings. The number of hydrogen-bond acceptors (Lipinski definition) is 3. The van der Waals surface area contributed by atoms with E-state index in [2.05, 4.69) is 10.3 Å². The van der Waals surface area contributed by atoms with Gasteiger partial charge >= 0.3 is 0 Å². The molecule has 1 saturated heterocycles. The summed E-state index contributed by atoms with van der Waals surface area (Å²) in [7, 11) is 0. The van der Waals surface area contributed by atoms with Gasteiger partial charge in [0.05, 0.1) is 5.56 Å². The molecule has 136 valence electrons. The van der Waals surface area contributed by atoms with E-state index in [-0.39, 0.29) is 17.4 Å². The normalized spacial score (nSPS) is 14.9. The summed E-state index contributed by atoms with van der Waals surface area (Å²) in [4.78, 5) is 30.1. The van der Waals surface area contributed by atoms with Gasteiger partial charge in [-0.15, -0.1) is 0 Å². The molecule has 2 heterocycles. The van der Waals surface area contributed by atoms with Crippen LogP contribution in [0.4, 0.5) is 8.78 Å². The van der Waals surface area contributed by atoms with Crippen LogP contribution in [0.2, 0.25) is 0 Å². The lowest BCUT2D eigenvalue weighted by atomic mass is 9.96. The number of hydrogen-bond donors (Lipinski definition) is 1. The topological polar surface area (TPSA) is 62.3 Å². The molecule has 5 nitrogen and oxygen atoms in total. The van der Waals surface area contributed by atoms with Crippen molar-refractivity contribution in [2.45, 2.75) is 12.8 Å². The Morgan fingerprint density at radius 1 is 1.12 bits per heavy atom. The molecule has 0 bridgehead atoms. The third-order valence-corrected chi connectivity index (χ3v) is 4.54. The lowest BCUT2D eigenvalue weighted by Crippen LogP contribution is -2.41. The van der Waals surface area contributed by atoms with Crippen LogP contribution in [-0.4, -0.2) is 41.3 Å². The largest absolute Gasteiger partial charge is 0.352 e. The molecular weight excluding hydrogens is 340 g/mol. The van der Waals surface area contributed by atoms with E-state index in [0.29, 0.717) is 25.2 Å². The Morgan fingerprint density at radius 3 is 2.54 bits per heavy atom. The molecule has 0 spiro atoms. The average molecular weight is 359 g/mol. The van der Waals surface area contributed by atoms with Crippen LogP contribution in [0, 0.1) is 17.6 Å². The highest BCUT2D eigenvalue weighted by Crippen LogP contribution is 2.18. The molecule has 1 aliphatic rings. The van der Waals surface area contributed by atoms with Gasteiger partial charge in [-0.05, 0) is 49.1 Å². The van der Waals surface area contributed by atoms with E-state index in [0.717, 1.165) is 25.0 Å². The van der Waals surface area contributed by atoms with E-state index in [4.69, 9.17) is 0 Å². The first-order valence-corrected chi connectivity index (χ1v) is 8.47. The van der Waals surface area contributed by atoms with E-state index in [1.54, 1.807) is 29.4 Å². The zero-order valence-corrected chi connectivity index (χ0v) is 14.1. The number of carbonyl (C=O) groups excluding carboxylic acids is 2. The second-order valence-corrected chi connectivity index (χ2v) is 6.32. The van der Waals surface area contributed by atoms with Crippen molar-refractivity contribution >= 4 is 11.8 Å². The van der Waals surface area contributed by atoms with Gasteiger partial charge in [-0.25, -0.2) is 8.78 Å². The first kappa shape index (κ1) is 18.0. The first-order valence-electron chi connectivity index (χ1n) is 8.47. The van der Waals surface area contributed by atoms with E-state index in [1.807, 2.05) is 0 Å². The Hall–Kier alpha value is -2.83. The van der Waals surface area contributed by atoms with Crippen LogP contribution in [0.15, 0.2) is 42.7 Å². The molecular formula is C19H19F2N3O2. The van der Waals surface area contributed by atoms with Gasteiger partial charge in [0.1, 0.15) is 0 Å². The van der Waals surface area contributed by atoms with Crippen LogP contribution < -0.4 is 5.32 Å². The zero-order chi connectivity index (χ0) is 18.5. The van der Waals surface area contributed by atoms with Gasteiger partial charge < -0.3 is 10.2 Å². The molecule has 26 heavy (non-hydrogen) atoms. The molecule has 0 radical (unpaired) electrons. The number of nitrogens with one attached hydrogen (secondary N) is 1. The minimum Gasteiger partial charge on any atom is -0.352 e. The summed E-state index contributed by atoms with van der Waals surface area (Å²) in [5, 5.41) is 2.75. The minimum atomic E-state index is -1.04. The number of benzene rings is 1. The summed E-state index contributed by atoms with van der Waals surface area (Å²) < 4.78 is 26.1. The number of nitrogens with zero attached hydrogens (tertiary/aromatic N) is 2. The highest BCUT2D eigenvalue weighted by Gasteiger charge is 2.24. The standard InChI is InChI=1S/C19H19F2N3O2/c20-16-4-3-14(10-17(16)21)18(25)23-11-13-5-8-24(9-6-13)19(26)15-2-1-7-22-12-15/h1-4,7,10,12-13H,5-6,8-9,11H2,(H,23,25). The fraction of sp³-hybridized carbons (Fsp3) is 0.316. The quantitative estimate of drug-likeness (QED) is 0.913. The number of likely N-dealkylation sites (tertiary alicyclic amines) is 1. The molecule has 0 saturated carbocycles. The van der Waals surface area contributed by atoms with Crippen molar-refractivity contribution in [3.8, 4) is 0 Å². The number of aromatic nitrogens is 1. The SMILES string of the molecule is O=C(NCC1CCN(C(=O)c2cccnc2)CC1)c1ccc(F)c(F)c1. The molecule has 3 rings (SSSR count). The summed E-state index contributed by atoms with van der Waals surface area (Å²) in [6.45, 7) is 1.66. The predicted octanol–water partition coefficient (Wildman–Crippen LogP) is 2.64. The molecule has 0 atom stereocenters. The average Bonchev–Trinajstić information content (AvgIpc) is 2.68. The lowest BCUT2D eigenvalue weighted by molar-refractivity contribution is 0.0684. The van der Waals surface area contributed by atoms with Crippen LogP contribution in [-0.2, 0) is 0 Å². The van der Waals surface area contributed by atoms with Crippen molar-refractivity contribution in [2.75, 3.05) is 19.6 Å². The maximum atomic E-state index is 13.2. The van der Waals surface area contributed by atoms with E-state index in [1.165, 1.54) is 6.07 Å². The Morgan fingerprint density at radius 2 is 1.88 bits per heavy atom. The molecule has 1 N–H and O–H groups in total. The fourth-order valence-corrected chi connectivity index (χ4v) is 2.99. The molecule has 7 heteroatoms. The van der Waals surface area contributed by atoms with Crippen LogP contribution >= 0.6 is 0 Å². The molecule has 0 aliphatic carbocycles. The van der Waals surface area contributed by atoms with E-state index in [9.17, 15) is 18.4 Å². The monoisotopic (exact) mass is 359 g/mol. The molecule has 0 unspecified atom stereocenters. The Bertz CT molecular complexity index is 791. The Labute approximate surface area is 150 Å². The summed E-state index contributed by atoms with van der Waals surface area (Å²) in [5.74, 6) is -2.26. The number of amides is 2. The van der Waals surface area contributed by atoms with Crippen molar-refractivity contribution in [3.05, 3.63) is 65.5 Å². The number of pyridine rings is 1. The number of halogens is 2. The van der Waals surface area contributed by atoms with E-state index < -0.39 is 17.5 Å². The van der Waals surface area contributed by atoms with E-state index >= 15 is 0 Å². The second-order valence-electron chi connectivity index (χ2n) is 6.32. The van der Waals surface area contributed by atoms with Crippen molar-refractivity contribution in [3.63, 3.8) is 0 Å². The van der Waals surface area contributed by atoms with Crippen LogP contribution in [0.25, 0.3) is 0 Å². The molecule has 1 aromatic carbocycles. The number of carbonyl (C=O) groups is 2. The van der Waals surface area contributed by atoms with Gasteiger partial charge in [0.15, 0.2) is 11.6 Å². The maximum Gasteiger partial charge on any atom is 0.255 e. The summed E-state index contributed by atoms with van der Waals surface area (Å²) in [5.41, 5.74) is 0.658. The Kier molecular flexibility index (Phi) is 5.55. The van der Waals surface area contributed by atoms with Crippen molar-refractivity contribution < 1.29 is 18.4 Å². The van der Waals surface area contributed by atoms with Crippen LogP contribution in [0.5, 0.6) is 0 Å². The third-order valence-electron chi connectivity index (χ3n) is 4.54. The van der Waals surface area contributed by atoms with Crippen LogP contribution in [0.1, 0.15) is 33.6 Å². The predicted molar refractivity (Wildman–Crippen MR) is 91.6 cm³/mol. The fourth-order valence-electron chi connectivity index (χ4n) is 2.99. The summed E-state index contributed by atoms with van der Waals surface area (Å²) in [6.07, 6.45) is 4.71. The highest BCUT2D eigenvalue weighted by atomic mass is 19.2. The smallest absolute Gasteiger partial charge is 0.255 e. The van der Waals surface area contributed by atoms with Gasteiger partial charge in [0.2, 0.25) is 0 Å². The maximum absolute atomic E-state index is 13.2. The van der Waals surface area contributed by atoms with Crippen molar-refractivity contribution in [2.24, 2.45) is 5.92 Å². The highest BCUT2D eigenvalue weighted by molar-refractivity contribution is 5.94. The lowest BCUT2D eigenvalue weighted by Gasteiger charge is -2.32. The summed E-state index contributed by atoms with van der Waals surface area (Å²) in [6, 6.07) is 6.55. The molecule has 1 fully saturated rings. The van der Waals surface area contributed by atoms with Crippen LogP contribution in [0.3, 0.4) is 0 Å². The second kappa shape index (κ2) is 8.03. The van der Waals surface area contributed by atoms with Gasteiger partial charge in [0.25, 0.3) is 11.8 Å². The molecule has 1 aromatic heterocycles. The van der Waals surface area contributed by atoms with Gasteiger partial charge in [-0.1, -0.05) is 0 Å². The number of piperidine rings is 1. The zero-order valence-electron chi connectivity index (χ0n) is 14.1. The number of rotatable bonds is 4. The first-order chi connectivity index (χ1) is 12.5. The Balaban J connectivity index is 1.47. The molecule has 1 aliphatic heterocycles. The third kappa shape index (κ3) is 4.22. The van der Waals surface area contributed by atoms with Gasteiger partial charge in [0, 0.05) is 37.6 Å². The van der Waals surface area contributed by atoms with Crippen molar-refractivity contribution in [1.82, 2.24) is 15.2 Å². The van der Waals surface area contributed by atoms with Crippen molar-refractivity contribution in [1.29, 1.82) is 0 Å².